The molecule has 1 aromatic rings. The maximum Gasteiger partial charge on any atom is 0.273 e. The summed E-state index contributed by atoms with van der Waals surface area (Å²) in [4.78, 5) is 11.0. The van der Waals surface area contributed by atoms with Crippen molar-refractivity contribution in [3.8, 4) is 0 Å². The van der Waals surface area contributed by atoms with Gasteiger partial charge in [-0.1, -0.05) is 5.21 Å². The van der Waals surface area contributed by atoms with Crippen LogP contribution in [0.25, 0.3) is 0 Å². The van der Waals surface area contributed by atoms with Gasteiger partial charge in [0.25, 0.3) is 5.91 Å². The maximum absolute atomic E-state index is 11.0. The van der Waals surface area contributed by atoms with E-state index in [2.05, 4.69) is 15.6 Å². The number of aromatic nitrogens is 3. The fourth-order valence-electron chi connectivity index (χ4n) is 0.639. The van der Waals surface area contributed by atoms with Crippen molar-refractivity contribution in [2.75, 3.05) is 7.05 Å². The van der Waals surface area contributed by atoms with Crippen LogP contribution in [-0.4, -0.2) is 26.2 Å². The minimum Gasteiger partial charge on any atom is -0.354 e. The predicted molar refractivity (Wildman–Crippen MR) is 47.6 cm³/mol. The maximum atomic E-state index is 11.0. The first-order valence-electron chi connectivity index (χ1n) is 2.97. The Bertz CT molecular complexity index is 282. The number of carbonyl (C=O) groups is 1. The molecule has 0 aliphatic carbocycles. The third kappa shape index (κ3) is 1.50. The van der Waals surface area contributed by atoms with Crippen molar-refractivity contribution in [1.29, 1.82) is 0 Å². The van der Waals surface area contributed by atoms with Crippen molar-refractivity contribution in [2.45, 2.75) is 6.92 Å². The lowest BCUT2D eigenvalue weighted by Crippen LogP contribution is -2.19. The van der Waals surface area contributed by atoms with Gasteiger partial charge in [0, 0.05) is 7.05 Å². The lowest BCUT2D eigenvalue weighted by atomic mass is 10.3. The third-order valence-corrected chi connectivity index (χ3v) is 2.20. The molecule has 0 spiro atoms. The second-order valence-electron chi connectivity index (χ2n) is 1.96. The van der Waals surface area contributed by atoms with E-state index >= 15 is 0 Å². The van der Waals surface area contributed by atoms with Gasteiger partial charge in [0.2, 0.25) is 0 Å². The van der Waals surface area contributed by atoms with Gasteiger partial charge in [-0.15, -0.1) is 5.10 Å². The molecule has 0 unspecified atom stereocenters. The molecular formula is C5H7IN4O. The van der Waals surface area contributed by atoms with Gasteiger partial charge in [0.05, 0.1) is 28.6 Å². The molecule has 0 fully saturated rings. The van der Waals surface area contributed by atoms with Crippen LogP contribution in [0, 0.1) is 6.92 Å². The van der Waals surface area contributed by atoms with Crippen LogP contribution in [0.15, 0.2) is 0 Å². The van der Waals surface area contributed by atoms with Crippen molar-refractivity contribution < 1.29 is 4.79 Å². The lowest BCUT2D eigenvalue weighted by molar-refractivity contribution is 0.0957. The number of hydrogen-bond acceptors (Lipinski definition) is 3. The molecule has 11 heavy (non-hydrogen) atoms. The van der Waals surface area contributed by atoms with Crippen LogP contribution in [0.1, 0.15) is 16.2 Å². The predicted octanol–water partition coefficient (Wildman–Crippen LogP) is 0.144. The Hall–Kier alpha value is -0.660. The van der Waals surface area contributed by atoms with Gasteiger partial charge in [-0.3, -0.25) is 4.79 Å². The summed E-state index contributed by atoms with van der Waals surface area (Å²) in [6.45, 7) is 1.79. The number of hydrogen-bond donors (Lipinski definition) is 1. The highest BCUT2D eigenvalue weighted by Gasteiger charge is 2.12. The standard InChI is InChI=1S/C5H7IN4O/c1-3-4(5(11)7-2)8-9-10(3)6/h1-2H3,(H,7,11). The first-order chi connectivity index (χ1) is 5.16. The van der Waals surface area contributed by atoms with Crippen molar-refractivity contribution >= 4 is 28.8 Å². The van der Waals surface area contributed by atoms with Crippen LogP contribution in [0.2, 0.25) is 0 Å². The molecule has 0 radical (unpaired) electrons. The van der Waals surface area contributed by atoms with Crippen LogP contribution in [0.5, 0.6) is 0 Å². The third-order valence-electron chi connectivity index (χ3n) is 1.28. The number of rotatable bonds is 1. The molecule has 1 aromatic heterocycles. The van der Waals surface area contributed by atoms with Crippen LogP contribution < -0.4 is 5.32 Å². The zero-order valence-corrected chi connectivity index (χ0v) is 8.29. The van der Waals surface area contributed by atoms with Gasteiger partial charge in [-0.2, -0.15) is 2.90 Å². The Morgan fingerprint density at radius 2 is 2.36 bits per heavy atom. The average molecular weight is 266 g/mol. The molecule has 0 aliphatic rings. The molecule has 0 aliphatic heterocycles. The quantitative estimate of drug-likeness (QED) is 0.736. The second kappa shape index (κ2) is 3.16. The molecule has 1 N–H and O–H groups in total. The summed E-state index contributed by atoms with van der Waals surface area (Å²) in [7, 11) is 1.56. The fraction of sp³-hybridized carbons (Fsp3) is 0.400. The highest BCUT2D eigenvalue weighted by atomic mass is 127. The molecule has 0 saturated carbocycles. The minimum atomic E-state index is -0.203. The number of nitrogens with zero attached hydrogens (tertiary/aromatic N) is 3. The van der Waals surface area contributed by atoms with Crippen LogP contribution in [0.3, 0.4) is 0 Å². The molecule has 1 amide bonds. The second-order valence-corrected chi connectivity index (χ2v) is 2.88. The van der Waals surface area contributed by atoms with Crippen molar-refractivity contribution in [3.05, 3.63) is 11.4 Å². The SMILES string of the molecule is CNC(=O)c1nnn(I)c1C. The van der Waals surface area contributed by atoms with E-state index in [4.69, 9.17) is 0 Å². The van der Waals surface area contributed by atoms with Crippen molar-refractivity contribution in [1.82, 2.24) is 18.5 Å². The van der Waals surface area contributed by atoms with Crippen LogP contribution in [0.4, 0.5) is 0 Å². The molecule has 0 bridgehead atoms. The number of amides is 1. The summed E-state index contributed by atoms with van der Waals surface area (Å²) in [5.74, 6) is -0.203. The summed E-state index contributed by atoms with van der Waals surface area (Å²) in [5, 5.41) is 9.83. The van der Waals surface area contributed by atoms with Crippen LogP contribution >= 0.6 is 22.9 Å². The Morgan fingerprint density at radius 3 is 2.73 bits per heavy atom. The van der Waals surface area contributed by atoms with Crippen molar-refractivity contribution in [2.24, 2.45) is 0 Å². The largest absolute Gasteiger partial charge is 0.354 e. The Labute approximate surface area is 77.7 Å². The zero-order chi connectivity index (χ0) is 8.43. The van der Waals surface area contributed by atoms with E-state index in [0.717, 1.165) is 5.69 Å². The monoisotopic (exact) mass is 266 g/mol. The first-order valence-corrected chi connectivity index (χ1v) is 3.94. The Morgan fingerprint density at radius 1 is 1.73 bits per heavy atom. The summed E-state index contributed by atoms with van der Waals surface area (Å²) < 4.78 is 1.53. The summed E-state index contributed by atoms with van der Waals surface area (Å²) in [6.07, 6.45) is 0. The van der Waals surface area contributed by atoms with Crippen molar-refractivity contribution in [3.63, 3.8) is 0 Å². The smallest absolute Gasteiger partial charge is 0.273 e. The molecule has 60 valence electrons. The molecule has 0 aromatic carbocycles. The average Bonchev–Trinajstić information content (AvgIpc) is 2.32. The van der Waals surface area contributed by atoms with E-state index < -0.39 is 0 Å². The van der Waals surface area contributed by atoms with Gasteiger partial charge in [-0.05, 0) is 6.92 Å². The molecule has 0 saturated heterocycles. The summed E-state index contributed by atoms with van der Waals surface area (Å²) >= 11 is 1.96. The molecule has 5 nitrogen and oxygen atoms in total. The van der Waals surface area contributed by atoms with E-state index in [-0.39, 0.29) is 5.91 Å². The minimum absolute atomic E-state index is 0.203. The molecule has 6 heteroatoms. The Kier molecular flexibility index (Phi) is 2.42. The summed E-state index contributed by atoms with van der Waals surface area (Å²) in [6, 6.07) is 0. The zero-order valence-electron chi connectivity index (χ0n) is 6.13. The van der Waals surface area contributed by atoms with Gasteiger partial charge in [-0.25, -0.2) is 0 Å². The highest BCUT2D eigenvalue weighted by molar-refractivity contribution is 14.1. The number of carbonyl (C=O) groups excluding carboxylic acids is 1. The fourth-order valence-corrected chi connectivity index (χ4v) is 0.964. The van der Waals surface area contributed by atoms with E-state index in [1.807, 2.05) is 22.9 Å². The first kappa shape index (κ1) is 8.44. The number of halogens is 1. The van der Waals surface area contributed by atoms with Gasteiger partial charge in [0.1, 0.15) is 0 Å². The van der Waals surface area contributed by atoms with E-state index in [1.165, 1.54) is 2.90 Å². The topological polar surface area (TPSA) is 59.8 Å². The molecule has 0 atom stereocenters. The normalized spacial score (nSPS) is 9.73. The van der Waals surface area contributed by atoms with E-state index in [1.54, 1.807) is 14.0 Å². The van der Waals surface area contributed by atoms with Gasteiger partial charge < -0.3 is 5.32 Å². The Balaban J connectivity index is 3.04. The van der Waals surface area contributed by atoms with E-state index in [0.29, 0.717) is 5.69 Å². The lowest BCUT2D eigenvalue weighted by Gasteiger charge is -1.93. The van der Waals surface area contributed by atoms with Gasteiger partial charge in [0.15, 0.2) is 5.69 Å². The molecular weight excluding hydrogens is 259 g/mol. The highest BCUT2D eigenvalue weighted by Crippen LogP contribution is 2.05. The van der Waals surface area contributed by atoms with Crippen LogP contribution in [-0.2, 0) is 0 Å². The van der Waals surface area contributed by atoms with Gasteiger partial charge >= 0.3 is 0 Å². The summed E-state index contributed by atoms with van der Waals surface area (Å²) in [5.41, 5.74) is 1.13. The number of nitrogens with one attached hydrogen (secondary N) is 1. The molecule has 1 heterocycles. The van der Waals surface area contributed by atoms with E-state index in [9.17, 15) is 4.79 Å². The molecule has 1 rings (SSSR count).